The van der Waals surface area contributed by atoms with Gasteiger partial charge in [0.1, 0.15) is 11.4 Å². The van der Waals surface area contributed by atoms with E-state index >= 15 is 0 Å². The first-order valence-corrected chi connectivity index (χ1v) is 9.23. The molecule has 0 saturated heterocycles. The van der Waals surface area contributed by atoms with E-state index < -0.39 is 0 Å². The predicted molar refractivity (Wildman–Crippen MR) is 108 cm³/mol. The molecule has 0 unspecified atom stereocenters. The molecule has 0 radical (unpaired) electrons. The molecule has 152 valence electrons. The van der Waals surface area contributed by atoms with Crippen molar-refractivity contribution in [2.24, 2.45) is 0 Å². The summed E-state index contributed by atoms with van der Waals surface area (Å²) in [5, 5.41) is 6.86. The quantitative estimate of drug-likeness (QED) is 0.618. The highest BCUT2D eigenvalue weighted by atomic mass is 16.5. The Morgan fingerprint density at radius 2 is 1.76 bits per heavy atom. The van der Waals surface area contributed by atoms with Gasteiger partial charge < -0.3 is 24.1 Å². The van der Waals surface area contributed by atoms with E-state index in [1.165, 1.54) is 0 Å². The molecular formula is C22H24N2O5. The number of hydrogen-bond acceptors (Lipinski definition) is 6. The maximum absolute atomic E-state index is 12.3. The van der Waals surface area contributed by atoms with Crippen LogP contribution in [-0.4, -0.2) is 31.4 Å². The Morgan fingerprint density at radius 1 is 1.03 bits per heavy atom. The van der Waals surface area contributed by atoms with Crippen molar-refractivity contribution in [2.75, 3.05) is 14.2 Å². The fraction of sp³-hybridized carbons (Fsp3) is 0.273. The lowest BCUT2D eigenvalue weighted by molar-refractivity contribution is 0.0950. The van der Waals surface area contributed by atoms with Crippen LogP contribution in [0.3, 0.4) is 0 Å². The Kier molecular flexibility index (Phi) is 6.39. The lowest BCUT2D eigenvalue weighted by Gasteiger charge is -2.10. The lowest BCUT2D eigenvalue weighted by atomic mass is 10.1. The Morgan fingerprint density at radius 3 is 2.41 bits per heavy atom. The summed E-state index contributed by atoms with van der Waals surface area (Å²) >= 11 is 0. The monoisotopic (exact) mass is 396 g/mol. The van der Waals surface area contributed by atoms with Crippen molar-refractivity contribution < 1.29 is 23.5 Å². The second-order valence-electron chi connectivity index (χ2n) is 6.63. The Labute approximate surface area is 169 Å². The third-order valence-corrected chi connectivity index (χ3v) is 4.15. The minimum atomic E-state index is -0.197. The Hall–Kier alpha value is -3.48. The molecule has 0 spiro atoms. The van der Waals surface area contributed by atoms with Gasteiger partial charge in [-0.15, -0.1) is 0 Å². The van der Waals surface area contributed by atoms with Gasteiger partial charge >= 0.3 is 0 Å². The molecule has 0 aliphatic heterocycles. The Bertz CT molecular complexity index is 964. The van der Waals surface area contributed by atoms with E-state index in [0.29, 0.717) is 28.5 Å². The zero-order chi connectivity index (χ0) is 20.8. The molecule has 1 heterocycles. The van der Waals surface area contributed by atoms with Crippen LogP contribution in [0.25, 0.3) is 11.3 Å². The topological polar surface area (TPSA) is 82.8 Å². The standard InChI is InChI=1S/C22H24N2O5/c1-14(2)28-18-8-5-15(6-9-18)22(25)23-13-17-12-20(29-24-17)16-7-10-19(26-3)21(11-16)27-4/h5-12,14H,13H2,1-4H3,(H,23,25). The first-order chi connectivity index (χ1) is 14.0. The largest absolute Gasteiger partial charge is 0.493 e. The number of nitrogens with zero attached hydrogens (tertiary/aromatic N) is 1. The van der Waals surface area contributed by atoms with Crippen LogP contribution in [0.15, 0.2) is 53.1 Å². The second-order valence-corrected chi connectivity index (χ2v) is 6.63. The summed E-state index contributed by atoms with van der Waals surface area (Å²) in [6, 6.07) is 14.2. The van der Waals surface area contributed by atoms with Crippen LogP contribution in [0.1, 0.15) is 29.9 Å². The van der Waals surface area contributed by atoms with E-state index in [2.05, 4.69) is 10.5 Å². The van der Waals surface area contributed by atoms with E-state index in [0.717, 1.165) is 11.3 Å². The molecule has 2 aromatic carbocycles. The SMILES string of the molecule is COc1ccc(-c2cc(CNC(=O)c3ccc(OC(C)C)cc3)no2)cc1OC. The van der Waals surface area contributed by atoms with Gasteiger partial charge in [0.2, 0.25) is 0 Å². The fourth-order valence-corrected chi connectivity index (χ4v) is 2.75. The number of carbonyl (C=O) groups excluding carboxylic acids is 1. The number of amides is 1. The van der Waals surface area contributed by atoms with Gasteiger partial charge in [0.15, 0.2) is 17.3 Å². The molecule has 3 rings (SSSR count). The summed E-state index contributed by atoms with van der Waals surface area (Å²) < 4.78 is 21.5. The molecule has 0 aliphatic carbocycles. The van der Waals surface area contributed by atoms with Gasteiger partial charge in [-0.2, -0.15) is 0 Å². The number of hydrogen-bond donors (Lipinski definition) is 1. The molecule has 7 heteroatoms. The predicted octanol–water partition coefficient (Wildman–Crippen LogP) is 4.08. The smallest absolute Gasteiger partial charge is 0.251 e. The summed E-state index contributed by atoms with van der Waals surface area (Å²) in [4.78, 5) is 12.3. The number of benzene rings is 2. The molecule has 3 aromatic rings. The lowest BCUT2D eigenvalue weighted by Crippen LogP contribution is -2.22. The maximum atomic E-state index is 12.3. The number of aromatic nitrogens is 1. The first kappa shape index (κ1) is 20.3. The van der Waals surface area contributed by atoms with Crippen LogP contribution in [0.2, 0.25) is 0 Å². The van der Waals surface area contributed by atoms with Crippen molar-refractivity contribution in [3.05, 3.63) is 59.8 Å². The molecule has 0 bridgehead atoms. The summed E-state index contributed by atoms with van der Waals surface area (Å²) in [6.45, 7) is 4.16. The van der Waals surface area contributed by atoms with Gasteiger partial charge in [-0.05, 0) is 56.3 Å². The van der Waals surface area contributed by atoms with Crippen LogP contribution in [0.5, 0.6) is 17.2 Å². The summed E-state index contributed by atoms with van der Waals surface area (Å²) in [7, 11) is 3.15. The number of rotatable bonds is 8. The number of nitrogens with one attached hydrogen (secondary N) is 1. The van der Waals surface area contributed by atoms with Crippen LogP contribution in [0.4, 0.5) is 0 Å². The maximum Gasteiger partial charge on any atom is 0.251 e. The highest BCUT2D eigenvalue weighted by Crippen LogP contribution is 2.32. The van der Waals surface area contributed by atoms with Crippen molar-refractivity contribution in [1.29, 1.82) is 0 Å². The Balaban J connectivity index is 1.62. The molecule has 7 nitrogen and oxygen atoms in total. The van der Waals surface area contributed by atoms with Crippen molar-refractivity contribution in [1.82, 2.24) is 10.5 Å². The molecule has 1 amide bonds. The van der Waals surface area contributed by atoms with Gasteiger partial charge in [0.25, 0.3) is 5.91 Å². The van der Waals surface area contributed by atoms with E-state index in [4.69, 9.17) is 18.7 Å². The minimum Gasteiger partial charge on any atom is -0.493 e. The number of carbonyl (C=O) groups is 1. The van der Waals surface area contributed by atoms with Crippen molar-refractivity contribution in [3.63, 3.8) is 0 Å². The van der Waals surface area contributed by atoms with Gasteiger partial charge in [-0.1, -0.05) is 5.16 Å². The van der Waals surface area contributed by atoms with Crippen molar-refractivity contribution in [3.8, 4) is 28.6 Å². The molecule has 1 aromatic heterocycles. The second kappa shape index (κ2) is 9.14. The number of ether oxygens (including phenoxy) is 3. The van der Waals surface area contributed by atoms with Crippen molar-refractivity contribution >= 4 is 5.91 Å². The zero-order valence-corrected chi connectivity index (χ0v) is 16.9. The van der Waals surface area contributed by atoms with Gasteiger partial charge in [0.05, 0.1) is 26.9 Å². The zero-order valence-electron chi connectivity index (χ0n) is 16.9. The van der Waals surface area contributed by atoms with Gasteiger partial charge in [0, 0.05) is 17.2 Å². The molecule has 0 atom stereocenters. The van der Waals surface area contributed by atoms with Gasteiger partial charge in [-0.25, -0.2) is 0 Å². The van der Waals surface area contributed by atoms with E-state index in [-0.39, 0.29) is 18.6 Å². The molecule has 0 aliphatic rings. The molecule has 1 N–H and O–H groups in total. The fourth-order valence-electron chi connectivity index (χ4n) is 2.75. The van der Waals surface area contributed by atoms with E-state index in [1.54, 1.807) is 50.6 Å². The van der Waals surface area contributed by atoms with Crippen LogP contribution >= 0.6 is 0 Å². The summed E-state index contributed by atoms with van der Waals surface area (Å²) in [6.07, 6.45) is 0.0849. The average molecular weight is 396 g/mol. The van der Waals surface area contributed by atoms with Crippen LogP contribution in [-0.2, 0) is 6.54 Å². The summed E-state index contributed by atoms with van der Waals surface area (Å²) in [5.74, 6) is 2.34. The third-order valence-electron chi connectivity index (χ3n) is 4.15. The third kappa shape index (κ3) is 5.07. The van der Waals surface area contributed by atoms with Gasteiger partial charge in [-0.3, -0.25) is 4.79 Å². The molecule has 0 saturated carbocycles. The molecule has 0 fully saturated rings. The van der Waals surface area contributed by atoms with E-state index in [1.807, 2.05) is 26.0 Å². The minimum absolute atomic E-state index is 0.0849. The van der Waals surface area contributed by atoms with E-state index in [9.17, 15) is 4.79 Å². The highest BCUT2D eigenvalue weighted by molar-refractivity contribution is 5.94. The number of methoxy groups -OCH3 is 2. The van der Waals surface area contributed by atoms with Crippen molar-refractivity contribution in [2.45, 2.75) is 26.5 Å². The molecular weight excluding hydrogens is 372 g/mol. The highest BCUT2D eigenvalue weighted by Gasteiger charge is 2.12. The normalized spacial score (nSPS) is 10.7. The average Bonchev–Trinajstić information content (AvgIpc) is 3.20. The molecule has 29 heavy (non-hydrogen) atoms. The van der Waals surface area contributed by atoms with Crippen LogP contribution < -0.4 is 19.5 Å². The van der Waals surface area contributed by atoms with Crippen LogP contribution in [0, 0.1) is 0 Å². The first-order valence-electron chi connectivity index (χ1n) is 9.23. The summed E-state index contributed by atoms with van der Waals surface area (Å²) in [5.41, 5.74) is 1.96.